The number of hydrogen-bond donors (Lipinski definition) is 2. The summed E-state index contributed by atoms with van der Waals surface area (Å²) in [5.74, 6) is 0.573. The number of rotatable bonds is 2. The molecule has 2 aromatic heterocycles. The summed E-state index contributed by atoms with van der Waals surface area (Å²) in [7, 11) is 3.35. The first-order chi connectivity index (χ1) is 7.56. The molecule has 0 atom stereocenters. The van der Waals surface area contributed by atoms with E-state index in [0.29, 0.717) is 18.1 Å². The minimum absolute atomic E-state index is 0.264. The maximum Gasteiger partial charge on any atom is 0.329 e. The zero-order chi connectivity index (χ0) is 11.9. The molecule has 2 heterocycles. The predicted molar refractivity (Wildman–Crippen MR) is 60.7 cm³/mol. The molecule has 7 nitrogen and oxygen atoms in total. The molecule has 0 aliphatic carbocycles. The van der Waals surface area contributed by atoms with Crippen LogP contribution in [0.3, 0.4) is 0 Å². The fourth-order valence-corrected chi connectivity index (χ4v) is 1.68. The van der Waals surface area contributed by atoms with Crippen molar-refractivity contribution in [3.8, 4) is 0 Å². The number of imidazole rings is 1. The second-order valence-electron chi connectivity index (χ2n) is 3.52. The van der Waals surface area contributed by atoms with Gasteiger partial charge in [-0.25, -0.2) is 9.78 Å². The van der Waals surface area contributed by atoms with Gasteiger partial charge in [0.25, 0.3) is 5.56 Å². The van der Waals surface area contributed by atoms with Crippen LogP contribution in [0.15, 0.2) is 9.59 Å². The number of aromatic nitrogens is 4. The van der Waals surface area contributed by atoms with Crippen molar-refractivity contribution in [2.24, 2.45) is 14.1 Å². The molecular weight excluding hydrogens is 210 g/mol. The lowest BCUT2D eigenvalue weighted by Gasteiger charge is -2.04. The van der Waals surface area contributed by atoms with Crippen LogP contribution < -0.4 is 16.6 Å². The maximum absolute atomic E-state index is 11.5. The van der Waals surface area contributed by atoms with Gasteiger partial charge in [-0.2, -0.15) is 0 Å². The molecule has 7 heteroatoms. The van der Waals surface area contributed by atoms with Crippen molar-refractivity contribution in [1.29, 1.82) is 0 Å². The van der Waals surface area contributed by atoms with Crippen LogP contribution in [0.4, 0.5) is 5.95 Å². The molecule has 0 bridgehead atoms. The Morgan fingerprint density at radius 2 is 2.00 bits per heavy atom. The molecule has 16 heavy (non-hydrogen) atoms. The minimum atomic E-state index is -0.460. The van der Waals surface area contributed by atoms with Gasteiger partial charge in [0, 0.05) is 20.6 Å². The Kier molecular flexibility index (Phi) is 2.30. The first-order valence-electron chi connectivity index (χ1n) is 4.95. The molecule has 0 saturated carbocycles. The summed E-state index contributed by atoms with van der Waals surface area (Å²) < 4.78 is 3.06. The first kappa shape index (κ1) is 10.5. The van der Waals surface area contributed by atoms with E-state index in [1.807, 2.05) is 6.92 Å². The molecule has 0 radical (unpaired) electrons. The first-order valence-corrected chi connectivity index (χ1v) is 4.95. The predicted octanol–water partition coefficient (Wildman–Crippen LogP) is -0.608. The average Bonchev–Trinajstić information content (AvgIpc) is 2.55. The lowest BCUT2D eigenvalue weighted by Crippen LogP contribution is -2.29. The molecule has 0 aromatic carbocycles. The second-order valence-corrected chi connectivity index (χ2v) is 3.52. The molecular formula is C9H13N5O2. The van der Waals surface area contributed by atoms with Crippen LogP contribution in [-0.4, -0.2) is 25.6 Å². The Morgan fingerprint density at radius 1 is 1.31 bits per heavy atom. The van der Waals surface area contributed by atoms with Crippen LogP contribution in [0.5, 0.6) is 0 Å². The highest BCUT2D eigenvalue weighted by Crippen LogP contribution is 2.12. The lowest BCUT2D eigenvalue weighted by molar-refractivity contribution is 0.794. The van der Waals surface area contributed by atoms with Gasteiger partial charge in [-0.05, 0) is 6.92 Å². The van der Waals surface area contributed by atoms with Gasteiger partial charge in [0.05, 0.1) is 0 Å². The van der Waals surface area contributed by atoms with Crippen molar-refractivity contribution in [3.63, 3.8) is 0 Å². The van der Waals surface area contributed by atoms with E-state index in [2.05, 4.69) is 15.3 Å². The lowest BCUT2D eigenvalue weighted by atomic mass is 10.5. The number of aryl methyl sites for hydroxylation is 2. The quantitative estimate of drug-likeness (QED) is 0.711. The van der Waals surface area contributed by atoms with Crippen LogP contribution in [0.1, 0.15) is 6.92 Å². The number of anilines is 1. The highest BCUT2D eigenvalue weighted by Gasteiger charge is 2.13. The number of nitrogens with one attached hydrogen (secondary N) is 2. The molecule has 0 aliphatic rings. The summed E-state index contributed by atoms with van der Waals surface area (Å²) in [6.45, 7) is 2.63. The Hall–Kier alpha value is -2.05. The van der Waals surface area contributed by atoms with Gasteiger partial charge >= 0.3 is 5.69 Å². The van der Waals surface area contributed by atoms with Gasteiger partial charge in [-0.1, -0.05) is 0 Å². The summed E-state index contributed by atoms with van der Waals surface area (Å²) >= 11 is 0. The van der Waals surface area contributed by atoms with Crippen molar-refractivity contribution < 1.29 is 0 Å². The zero-order valence-electron chi connectivity index (χ0n) is 9.37. The molecule has 2 N–H and O–H groups in total. The van der Waals surface area contributed by atoms with E-state index in [4.69, 9.17) is 0 Å². The largest absolute Gasteiger partial charge is 0.356 e. The van der Waals surface area contributed by atoms with Crippen molar-refractivity contribution in [3.05, 3.63) is 20.8 Å². The van der Waals surface area contributed by atoms with Crippen molar-refractivity contribution in [2.75, 3.05) is 11.9 Å². The van der Waals surface area contributed by atoms with Gasteiger partial charge in [0.15, 0.2) is 11.2 Å². The standard InChI is InChI=1S/C9H13N5O2/c1-4-10-8-11-5-6(15)12-9(16)14(3)7(5)13(8)2/h4H2,1-3H3,(H,10,11)(H,12,15,16). The monoisotopic (exact) mass is 223 g/mol. The van der Waals surface area contributed by atoms with E-state index < -0.39 is 11.2 Å². The Morgan fingerprint density at radius 3 is 2.62 bits per heavy atom. The number of nitrogens with zero attached hydrogens (tertiary/aromatic N) is 3. The normalized spacial score (nSPS) is 10.9. The van der Waals surface area contributed by atoms with Gasteiger partial charge < -0.3 is 5.32 Å². The highest BCUT2D eigenvalue weighted by molar-refractivity contribution is 5.73. The van der Waals surface area contributed by atoms with Crippen LogP contribution in [-0.2, 0) is 14.1 Å². The van der Waals surface area contributed by atoms with Crippen LogP contribution in [0.25, 0.3) is 11.2 Å². The van der Waals surface area contributed by atoms with E-state index >= 15 is 0 Å². The number of aromatic amines is 1. The van der Waals surface area contributed by atoms with Crippen molar-refractivity contribution in [1.82, 2.24) is 19.1 Å². The third kappa shape index (κ3) is 1.32. The average molecular weight is 223 g/mol. The van der Waals surface area contributed by atoms with Gasteiger partial charge in [0.2, 0.25) is 5.95 Å². The number of hydrogen-bond acceptors (Lipinski definition) is 4. The molecule has 2 aromatic rings. The third-order valence-corrected chi connectivity index (χ3v) is 2.46. The molecule has 0 spiro atoms. The van der Waals surface area contributed by atoms with Gasteiger partial charge in [-0.3, -0.25) is 18.9 Å². The summed E-state index contributed by atoms with van der Waals surface area (Å²) in [4.78, 5) is 29.3. The Labute approximate surface area is 90.7 Å². The van der Waals surface area contributed by atoms with Crippen LogP contribution in [0, 0.1) is 0 Å². The van der Waals surface area contributed by atoms with E-state index in [9.17, 15) is 9.59 Å². The van der Waals surface area contributed by atoms with E-state index in [-0.39, 0.29) is 5.52 Å². The Balaban J connectivity index is 2.91. The van der Waals surface area contributed by atoms with Crippen LogP contribution in [0.2, 0.25) is 0 Å². The summed E-state index contributed by atoms with van der Waals surface area (Å²) in [6, 6.07) is 0. The van der Waals surface area contributed by atoms with E-state index in [1.165, 1.54) is 4.57 Å². The van der Waals surface area contributed by atoms with Crippen molar-refractivity contribution in [2.45, 2.75) is 6.92 Å². The zero-order valence-corrected chi connectivity index (χ0v) is 9.37. The summed E-state index contributed by atoms with van der Waals surface area (Å²) in [5, 5.41) is 3.02. The molecule has 0 saturated heterocycles. The molecule has 0 amide bonds. The SMILES string of the molecule is CCNc1nc2c(=O)[nH]c(=O)n(C)c2n1C. The van der Waals surface area contributed by atoms with Gasteiger partial charge in [0.1, 0.15) is 0 Å². The molecule has 2 rings (SSSR count). The maximum atomic E-state index is 11.5. The summed E-state index contributed by atoms with van der Waals surface area (Å²) in [5.41, 5.74) is -0.133. The molecule has 0 aliphatic heterocycles. The molecule has 0 fully saturated rings. The fourth-order valence-electron chi connectivity index (χ4n) is 1.68. The molecule has 86 valence electrons. The smallest absolute Gasteiger partial charge is 0.329 e. The third-order valence-electron chi connectivity index (χ3n) is 2.46. The van der Waals surface area contributed by atoms with Crippen molar-refractivity contribution >= 4 is 17.1 Å². The molecule has 0 unspecified atom stereocenters. The highest BCUT2D eigenvalue weighted by atomic mass is 16.2. The van der Waals surface area contributed by atoms with Crippen LogP contribution >= 0.6 is 0 Å². The fraction of sp³-hybridized carbons (Fsp3) is 0.444. The summed E-state index contributed by atoms with van der Waals surface area (Å²) in [6.07, 6.45) is 0. The number of fused-ring (bicyclic) bond motifs is 1. The topological polar surface area (TPSA) is 84.7 Å². The van der Waals surface area contributed by atoms with E-state index in [0.717, 1.165) is 0 Å². The Bertz CT molecular complexity index is 648. The second kappa shape index (κ2) is 3.51. The van der Waals surface area contributed by atoms with Gasteiger partial charge in [-0.15, -0.1) is 0 Å². The van der Waals surface area contributed by atoms with E-state index in [1.54, 1.807) is 18.7 Å². The minimum Gasteiger partial charge on any atom is -0.356 e. The number of H-pyrrole nitrogens is 1.